The van der Waals surface area contributed by atoms with E-state index in [0.717, 1.165) is 90.2 Å². The number of aryl methyl sites for hydroxylation is 2. The van der Waals surface area contributed by atoms with E-state index in [9.17, 15) is 0 Å². The summed E-state index contributed by atoms with van der Waals surface area (Å²) in [5.74, 6) is 2.02. The summed E-state index contributed by atoms with van der Waals surface area (Å²) in [5, 5.41) is 11.8. The van der Waals surface area contributed by atoms with Crippen molar-refractivity contribution in [1.82, 2.24) is 29.9 Å². The molecule has 3 rings (SSSR count). The maximum atomic E-state index is 5.47. The number of hydrogen-bond acceptors (Lipinski definition) is 5. The van der Waals surface area contributed by atoms with Crippen LogP contribution in [0.4, 0.5) is 0 Å². The van der Waals surface area contributed by atoms with Crippen molar-refractivity contribution in [3.63, 3.8) is 0 Å². The monoisotopic (exact) mass is 569 g/mol. The van der Waals surface area contributed by atoms with Gasteiger partial charge in [-0.25, -0.2) is 0 Å². The van der Waals surface area contributed by atoms with Gasteiger partial charge in [-0.2, -0.15) is 0 Å². The highest BCUT2D eigenvalue weighted by Gasteiger charge is 2.20. The number of guanidine groups is 1. The molecule has 0 unspecified atom stereocenters. The molecule has 1 aromatic carbocycles. The molecule has 0 saturated carbocycles. The molecule has 184 valence electrons. The van der Waals surface area contributed by atoms with E-state index >= 15 is 0 Å². The van der Waals surface area contributed by atoms with Crippen molar-refractivity contribution in [1.29, 1.82) is 0 Å². The number of benzene rings is 1. The molecule has 1 saturated heterocycles. The van der Waals surface area contributed by atoms with Gasteiger partial charge in [-0.15, -0.1) is 34.2 Å². The molecule has 1 fully saturated rings. The average Bonchev–Trinajstić information content (AvgIpc) is 3.26. The second-order valence-corrected chi connectivity index (χ2v) is 8.23. The Labute approximate surface area is 215 Å². The Kier molecular flexibility index (Phi) is 12.7. The highest BCUT2D eigenvalue weighted by atomic mass is 127. The van der Waals surface area contributed by atoms with Gasteiger partial charge in [0.2, 0.25) is 0 Å². The summed E-state index contributed by atoms with van der Waals surface area (Å²) in [6, 6.07) is 8.82. The van der Waals surface area contributed by atoms with Gasteiger partial charge in [0.15, 0.2) is 5.96 Å². The van der Waals surface area contributed by atoms with E-state index in [2.05, 4.69) is 68.0 Å². The molecule has 1 N–H and O–H groups in total. The summed E-state index contributed by atoms with van der Waals surface area (Å²) in [4.78, 5) is 9.81. The molecule has 8 nitrogen and oxygen atoms in total. The van der Waals surface area contributed by atoms with Crippen molar-refractivity contribution in [2.45, 2.75) is 46.7 Å². The first kappa shape index (κ1) is 27.5. The number of rotatable bonds is 11. The molecule has 0 bridgehead atoms. The van der Waals surface area contributed by atoms with Crippen LogP contribution < -0.4 is 5.32 Å². The summed E-state index contributed by atoms with van der Waals surface area (Å²) >= 11 is 0. The van der Waals surface area contributed by atoms with Crippen LogP contribution in [0.2, 0.25) is 0 Å². The van der Waals surface area contributed by atoms with Gasteiger partial charge in [-0.1, -0.05) is 36.8 Å². The van der Waals surface area contributed by atoms with Gasteiger partial charge in [-0.05, 0) is 25.8 Å². The Morgan fingerprint density at radius 3 is 2.73 bits per heavy atom. The van der Waals surface area contributed by atoms with Crippen molar-refractivity contribution in [3.8, 4) is 0 Å². The standard InChI is InChI=1S/C24H39N7O.HI/c1-4-23-28-27-20-31(23)12-11-26-24(25-10-7-17-32-5-2)30-15-13-29(14-16-30)19-22-9-6-8-21(3)18-22;/h6,8-9,18,20H,4-5,7,10-17,19H2,1-3H3,(H,25,26);1H. The van der Waals surface area contributed by atoms with Crippen LogP contribution in [0, 0.1) is 6.92 Å². The molecule has 0 spiro atoms. The maximum Gasteiger partial charge on any atom is 0.194 e. The number of piperazine rings is 1. The quantitative estimate of drug-likeness (QED) is 0.194. The van der Waals surface area contributed by atoms with E-state index in [1.165, 1.54) is 11.1 Å². The fourth-order valence-corrected chi connectivity index (χ4v) is 3.98. The largest absolute Gasteiger partial charge is 0.382 e. The number of nitrogens with one attached hydrogen (secondary N) is 1. The maximum absolute atomic E-state index is 5.47. The number of aromatic nitrogens is 3. The SMILES string of the molecule is CCOCCCN=C(NCCn1cnnc1CC)N1CCN(Cc2cccc(C)c2)CC1.I. The molecule has 0 aliphatic carbocycles. The zero-order valence-electron chi connectivity index (χ0n) is 20.4. The molecule has 0 amide bonds. The Hall–Kier alpha value is -1.72. The molecule has 0 atom stereocenters. The molecule has 2 heterocycles. The smallest absolute Gasteiger partial charge is 0.194 e. The third-order valence-corrected chi connectivity index (χ3v) is 5.72. The normalized spacial score (nSPS) is 14.9. The first-order valence-corrected chi connectivity index (χ1v) is 11.9. The fourth-order valence-electron chi connectivity index (χ4n) is 3.98. The lowest BCUT2D eigenvalue weighted by Gasteiger charge is -2.36. The van der Waals surface area contributed by atoms with Gasteiger partial charge in [0.25, 0.3) is 0 Å². The highest BCUT2D eigenvalue weighted by Crippen LogP contribution is 2.10. The number of ether oxygens (including phenoxy) is 1. The molecule has 1 aromatic heterocycles. The Balaban J connectivity index is 0.00000385. The van der Waals surface area contributed by atoms with Crippen LogP contribution in [-0.2, 0) is 24.2 Å². The molecule has 33 heavy (non-hydrogen) atoms. The van der Waals surface area contributed by atoms with E-state index < -0.39 is 0 Å². The minimum absolute atomic E-state index is 0. The second-order valence-electron chi connectivity index (χ2n) is 8.23. The zero-order chi connectivity index (χ0) is 22.6. The zero-order valence-corrected chi connectivity index (χ0v) is 22.7. The van der Waals surface area contributed by atoms with Gasteiger partial charge in [-0.3, -0.25) is 9.89 Å². The second kappa shape index (κ2) is 15.2. The van der Waals surface area contributed by atoms with Crippen molar-refractivity contribution < 1.29 is 4.74 Å². The lowest BCUT2D eigenvalue weighted by Crippen LogP contribution is -2.52. The first-order valence-electron chi connectivity index (χ1n) is 11.9. The van der Waals surface area contributed by atoms with Gasteiger partial charge in [0, 0.05) is 72.0 Å². The average molecular weight is 570 g/mol. The molecule has 0 radical (unpaired) electrons. The lowest BCUT2D eigenvalue weighted by molar-refractivity contribution is 0.146. The van der Waals surface area contributed by atoms with Crippen molar-refractivity contribution in [3.05, 3.63) is 47.5 Å². The predicted octanol–water partition coefficient (Wildman–Crippen LogP) is 2.96. The van der Waals surface area contributed by atoms with Gasteiger partial charge >= 0.3 is 0 Å². The molecular formula is C24H40IN7O. The summed E-state index contributed by atoms with van der Waals surface area (Å²) in [7, 11) is 0. The van der Waals surface area contributed by atoms with Crippen molar-refractivity contribution >= 4 is 29.9 Å². The number of halogens is 1. The van der Waals surface area contributed by atoms with E-state index in [-0.39, 0.29) is 24.0 Å². The van der Waals surface area contributed by atoms with Gasteiger partial charge in [0.05, 0.1) is 0 Å². The third-order valence-electron chi connectivity index (χ3n) is 5.72. The Morgan fingerprint density at radius 2 is 2.00 bits per heavy atom. The Morgan fingerprint density at radius 1 is 1.18 bits per heavy atom. The van der Waals surface area contributed by atoms with Crippen LogP contribution in [0.3, 0.4) is 0 Å². The van der Waals surface area contributed by atoms with E-state index in [1.54, 1.807) is 0 Å². The number of nitrogens with zero attached hydrogens (tertiary/aromatic N) is 6. The lowest BCUT2D eigenvalue weighted by atomic mass is 10.1. The topological polar surface area (TPSA) is 70.8 Å². The van der Waals surface area contributed by atoms with E-state index in [1.807, 2.05) is 13.3 Å². The highest BCUT2D eigenvalue weighted by molar-refractivity contribution is 14.0. The van der Waals surface area contributed by atoms with Gasteiger partial charge in [0.1, 0.15) is 12.2 Å². The predicted molar refractivity (Wildman–Crippen MR) is 144 cm³/mol. The fraction of sp³-hybridized carbons (Fsp3) is 0.625. The van der Waals surface area contributed by atoms with Crippen LogP contribution in [0.15, 0.2) is 35.6 Å². The summed E-state index contributed by atoms with van der Waals surface area (Å²) in [5.41, 5.74) is 2.72. The van der Waals surface area contributed by atoms with Crippen LogP contribution in [0.5, 0.6) is 0 Å². The van der Waals surface area contributed by atoms with Crippen LogP contribution >= 0.6 is 24.0 Å². The first-order chi connectivity index (χ1) is 15.7. The minimum atomic E-state index is 0. The van der Waals surface area contributed by atoms with Crippen molar-refractivity contribution in [2.24, 2.45) is 4.99 Å². The van der Waals surface area contributed by atoms with Crippen LogP contribution in [-0.4, -0.2) is 83.0 Å². The van der Waals surface area contributed by atoms with Crippen molar-refractivity contribution in [2.75, 3.05) is 52.5 Å². The van der Waals surface area contributed by atoms with Crippen LogP contribution in [0.1, 0.15) is 37.2 Å². The summed E-state index contributed by atoms with van der Waals surface area (Å²) < 4.78 is 7.58. The van der Waals surface area contributed by atoms with Gasteiger partial charge < -0.3 is 19.5 Å². The molecular weight excluding hydrogens is 529 g/mol. The minimum Gasteiger partial charge on any atom is -0.382 e. The van der Waals surface area contributed by atoms with Crippen LogP contribution in [0.25, 0.3) is 0 Å². The summed E-state index contributed by atoms with van der Waals surface area (Å²) in [6.45, 7) is 15.3. The summed E-state index contributed by atoms with van der Waals surface area (Å²) in [6.07, 6.45) is 3.64. The third kappa shape index (κ3) is 9.21. The molecule has 1 aliphatic heterocycles. The van der Waals surface area contributed by atoms with E-state index in [0.29, 0.717) is 0 Å². The number of aliphatic imine (C=N–C) groups is 1. The molecule has 9 heteroatoms. The Bertz CT molecular complexity index is 834. The van der Waals surface area contributed by atoms with E-state index in [4.69, 9.17) is 9.73 Å². The molecule has 1 aliphatic rings. The number of hydrogen-bond donors (Lipinski definition) is 1. The molecule has 2 aromatic rings.